The van der Waals surface area contributed by atoms with Crippen molar-refractivity contribution in [1.29, 1.82) is 0 Å². The van der Waals surface area contributed by atoms with Gasteiger partial charge >= 0.3 is 5.97 Å². The van der Waals surface area contributed by atoms with Crippen molar-refractivity contribution in [3.8, 4) is 0 Å². The molecule has 0 unspecified atom stereocenters. The van der Waals surface area contributed by atoms with Gasteiger partial charge in [-0.2, -0.15) is 0 Å². The summed E-state index contributed by atoms with van der Waals surface area (Å²) >= 11 is 0. The molecule has 0 heterocycles. The molecule has 0 amide bonds. The van der Waals surface area contributed by atoms with Gasteiger partial charge in [0, 0.05) is 18.9 Å². The number of allylic oxidation sites excluding steroid dienone is 1. The normalized spacial score (nSPS) is 21.7. The Morgan fingerprint density at radius 3 is 2.29 bits per heavy atom. The van der Waals surface area contributed by atoms with E-state index >= 15 is 0 Å². The van der Waals surface area contributed by atoms with E-state index in [-0.39, 0.29) is 18.8 Å². The van der Waals surface area contributed by atoms with Crippen LogP contribution in [-0.2, 0) is 9.53 Å². The van der Waals surface area contributed by atoms with Crippen LogP contribution in [-0.4, -0.2) is 17.5 Å². The van der Waals surface area contributed by atoms with Crippen LogP contribution in [0.15, 0.2) is 12.2 Å². The Morgan fingerprint density at radius 1 is 1.29 bits per heavy atom. The number of rotatable bonds is 2. The highest BCUT2D eigenvalue weighted by atomic mass is 19.3. The first kappa shape index (κ1) is 14.1. The molecule has 0 radical (unpaired) electrons. The van der Waals surface area contributed by atoms with Crippen LogP contribution >= 0.6 is 0 Å². The van der Waals surface area contributed by atoms with Crippen molar-refractivity contribution in [2.24, 2.45) is 5.92 Å². The van der Waals surface area contributed by atoms with Crippen LogP contribution in [0.5, 0.6) is 0 Å². The maximum atomic E-state index is 12.9. The van der Waals surface area contributed by atoms with Gasteiger partial charge in [0.25, 0.3) is 0 Å². The van der Waals surface area contributed by atoms with E-state index in [4.69, 9.17) is 4.74 Å². The van der Waals surface area contributed by atoms with Crippen LogP contribution in [0.3, 0.4) is 0 Å². The minimum atomic E-state index is -2.52. The highest BCUT2D eigenvalue weighted by molar-refractivity contribution is 5.82. The monoisotopic (exact) mass is 246 g/mol. The Labute approximate surface area is 101 Å². The van der Waals surface area contributed by atoms with Crippen LogP contribution in [0.1, 0.15) is 46.5 Å². The summed E-state index contributed by atoms with van der Waals surface area (Å²) in [6.45, 7) is 5.37. The van der Waals surface area contributed by atoms with Crippen LogP contribution in [0, 0.1) is 5.92 Å². The number of alkyl halides is 2. The smallest absolute Gasteiger partial charge is 0.330 e. The third kappa shape index (κ3) is 5.80. The lowest BCUT2D eigenvalue weighted by Crippen LogP contribution is -2.24. The molecule has 0 atom stereocenters. The number of halogens is 2. The van der Waals surface area contributed by atoms with Crippen LogP contribution in [0.2, 0.25) is 0 Å². The van der Waals surface area contributed by atoms with Crippen molar-refractivity contribution < 1.29 is 18.3 Å². The molecule has 1 aliphatic rings. The fourth-order valence-corrected chi connectivity index (χ4v) is 1.81. The molecule has 0 aromatic heterocycles. The maximum absolute atomic E-state index is 12.9. The molecule has 1 aliphatic carbocycles. The molecule has 2 nitrogen and oxygen atoms in total. The number of ether oxygens (including phenoxy) is 1. The lowest BCUT2D eigenvalue weighted by atomic mass is 9.86. The quantitative estimate of drug-likeness (QED) is 0.548. The van der Waals surface area contributed by atoms with Gasteiger partial charge in [-0.1, -0.05) is 6.08 Å². The number of hydrogen-bond donors (Lipinski definition) is 0. The average Bonchev–Trinajstić information content (AvgIpc) is 2.13. The lowest BCUT2D eigenvalue weighted by Gasteiger charge is -2.26. The standard InChI is InChI=1S/C13H20F2O2/c1-12(2,3)17-11(16)5-4-10-6-8-13(14,15)9-7-10/h4-5,10H,6-9H2,1-3H3/b5-4+. The average molecular weight is 246 g/mol. The summed E-state index contributed by atoms with van der Waals surface area (Å²) < 4.78 is 30.9. The molecule has 0 saturated heterocycles. The molecule has 1 fully saturated rings. The van der Waals surface area contributed by atoms with Crippen LogP contribution in [0.25, 0.3) is 0 Å². The third-order valence-corrected chi connectivity index (χ3v) is 2.67. The van der Waals surface area contributed by atoms with Gasteiger partial charge in [-0.25, -0.2) is 13.6 Å². The number of hydrogen-bond acceptors (Lipinski definition) is 2. The molecular weight excluding hydrogens is 226 g/mol. The number of carbonyl (C=O) groups excluding carboxylic acids is 1. The summed E-state index contributed by atoms with van der Waals surface area (Å²) in [6.07, 6.45) is 3.76. The van der Waals surface area contributed by atoms with Gasteiger partial charge in [0.1, 0.15) is 5.60 Å². The van der Waals surface area contributed by atoms with E-state index in [0.717, 1.165) is 0 Å². The van der Waals surface area contributed by atoms with E-state index in [1.807, 2.05) is 0 Å². The molecule has 1 rings (SSSR count). The molecule has 0 aromatic rings. The molecule has 4 heteroatoms. The molecule has 0 aliphatic heterocycles. The molecule has 1 saturated carbocycles. The van der Waals surface area contributed by atoms with Gasteiger partial charge in [-0.05, 0) is 39.5 Å². The largest absolute Gasteiger partial charge is 0.457 e. The Bertz CT molecular complexity index is 293. The first-order chi connectivity index (χ1) is 7.68. The van der Waals surface area contributed by atoms with Crippen molar-refractivity contribution in [3.63, 3.8) is 0 Å². The zero-order valence-corrected chi connectivity index (χ0v) is 10.6. The van der Waals surface area contributed by atoms with E-state index in [9.17, 15) is 13.6 Å². The van der Waals surface area contributed by atoms with Crippen molar-refractivity contribution in [1.82, 2.24) is 0 Å². The van der Waals surface area contributed by atoms with E-state index in [1.165, 1.54) is 6.08 Å². The summed E-state index contributed by atoms with van der Waals surface area (Å²) in [7, 11) is 0. The lowest BCUT2D eigenvalue weighted by molar-refractivity contribution is -0.148. The van der Waals surface area contributed by atoms with E-state index in [2.05, 4.69) is 0 Å². The van der Waals surface area contributed by atoms with E-state index < -0.39 is 17.5 Å². The topological polar surface area (TPSA) is 26.3 Å². The SMILES string of the molecule is CC(C)(C)OC(=O)/C=C/C1CCC(F)(F)CC1. The first-order valence-electron chi connectivity index (χ1n) is 5.97. The Morgan fingerprint density at radius 2 is 1.82 bits per heavy atom. The first-order valence-corrected chi connectivity index (χ1v) is 5.97. The second-order valence-corrected chi connectivity index (χ2v) is 5.59. The second-order valence-electron chi connectivity index (χ2n) is 5.59. The highest BCUT2D eigenvalue weighted by Crippen LogP contribution is 2.36. The van der Waals surface area contributed by atoms with E-state index in [1.54, 1.807) is 26.8 Å². The fraction of sp³-hybridized carbons (Fsp3) is 0.769. The highest BCUT2D eigenvalue weighted by Gasteiger charge is 2.34. The predicted octanol–water partition coefficient (Wildman–Crippen LogP) is 3.71. The van der Waals surface area contributed by atoms with Gasteiger partial charge in [-0.15, -0.1) is 0 Å². The molecule has 0 bridgehead atoms. The van der Waals surface area contributed by atoms with E-state index in [0.29, 0.717) is 12.8 Å². The zero-order chi connectivity index (χ0) is 13.1. The molecular formula is C13H20F2O2. The predicted molar refractivity (Wildman–Crippen MR) is 61.9 cm³/mol. The summed E-state index contributed by atoms with van der Waals surface area (Å²) in [6, 6.07) is 0. The number of esters is 1. The maximum Gasteiger partial charge on any atom is 0.330 e. The van der Waals surface area contributed by atoms with Gasteiger partial charge in [0.2, 0.25) is 5.92 Å². The molecule has 0 aromatic carbocycles. The van der Waals surface area contributed by atoms with Crippen molar-refractivity contribution in [2.75, 3.05) is 0 Å². The minimum Gasteiger partial charge on any atom is -0.457 e. The Balaban J connectivity index is 2.37. The summed E-state index contributed by atoms with van der Waals surface area (Å²) in [4.78, 5) is 11.4. The molecule has 0 N–H and O–H groups in total. The molecule has 0 spiro atoms. The van der Waals surface area contributed by atoms with Crippen molar-refractivity contribution in [2.45, 2.75) is 58.0 Å². The van der Waals surface area contributed by atoms with Crippen LogP contribution in [0.4, 0.5) is 8.78 Å². The second kappa shape index (κ2) is 5.15. The van der Waals surface area contributed by atoms with Gasteiger partial charge in [0.05, 0.1) is 0 Å². The summed E-state index contributed by atoms with van der Waals surface area (Å²) in [5, 5.41) is 0. The van der Waals surface area contributed by atoms with Gasteiger partial charge in [-0.3, -0.25) is 0 Å². The molecule has 98 valence electrons. The zero-order valence-electron chi connectivity index (χ0n) is 10.6. The van der Waals surface area contributed by atoms with Gasteiger partial charge < -0.3 is 4.74 Å². The van der Waals surface area contributed by atoms with Crippen LogP contribution < -0.4 is 0 Å². The Kier molecular flexibility index (Phi) is 4.28. The number of carbonyl (C=O) groups is 1. The third-order valence-electron chi connectivity index (χ3n) is 2.67. The molecule has 17 heavy (non-hydrogen) atoms. The summed E-state index contributed by atoms with van der Waals surface area (Å²) in [5.41, 5.74) is -0.513. The Hall–Kier alpha value is -0.930. The van der Waals surface area contributed by atoms with Crippen molar-refractivity contribution in [3.05, 3.63) is 12.2 Å². The van der Waals surface area contributed by atoms with Crippen molar-refractivity contribution >= 4 is 5.97 Å². The fourth-order valence-electron chi connectivity index (χ4n) is 1.81. The minimum absolute atomic E-state index is 0.0714. The summed E-state index contributed by atoms with van der Waals surface area (Å²) in [5.74, 6) is -2.85. The van der Waals surface area contributed by atoms with Gasteiger partial charge in [0.15, 0.2) is 0 Å².